The number of pyridine rings is 1. The number of nitrogens with zero attached hydrogens (tertiary/aromatic N) is 2. The van der Waals surface area contributed by atoms with Gasteiger partial charge in [-0.2, -0.15) is 0 Å². The number of rotatable bonds is 2. The molecule has 0 saturated carbocycles. The fraction of sp³-hybridized carbons (Fsp3) is 0.348. The lowest BCUT2D eigenvalue weighted by molar-refractivity contribution is 0.0938. The van der Waals surface area contributed by atoms with E-state index >= 15 is 0 Å². The van der Waals surface area contributed by atoms with Crippen molar-refractivity contribution in [2.24, 2.45) is 5.92 Å². The second-order valence-electron chi connectivity index (χ2n) is 7.74. The molecule has 2 bridgehead atoms. The highest BCUT2D eigenvalue weighted by molar-refractivity contribution is 5.78. The Balaban J connectivity index is 1.42. The van der Waals surface area contributed by atoms with Gasteiger partial charge in [-0.05, 0) is 60.4 Å². The fourth-order valence-electron chi connectivity index (χ4n) is 4.73. The van der Waals surface area contributed by atoms with Gasteiger partial charge in [-0.1, -0.05) is 42.5 Å². The molecule has 1 aromatic heterocycles. The molecule has 2 nitrogen and oxygen atoms in total. The maximum absolute atomic E-state index is 4.66. The third-order valence-electron chi connectivity index (χ3n) is 6.03. The van der Waals surface area contributed by atoms with Crippen LogP contribution in [0.15, 0.2) is 60.8 Å². The Bertz CT molecular complexity index is 901. The van der Waals surface area contributed by atoms with E-state index in [9.17, 15) is 0 Å². The molecule has 0 unspecified atom stereocenters. The van der Waals surface area contributed by atoms with Crippen LogP contribution < -0.4 is 0 Å². The Kier molecular flexibility index (Phi) is 3.79. The van der Waals surface area contributed by atoms with Crippen LogP contribution in [-0.4, -0.2) is 22.5 Å². The van der Waals surface area contributed by atoms with E-state index in [-0.39, 0.29) is 0 Å². The summed E-state index contributed by atoms with van der Waals surface area (Å²) in [4.78, 5) is 7.38. The number of benzene rings is 2. The highest BCUT2D eigenvalue weighted by atomic mass is 15.2. The van der Waals surface area contributed by atoms with Crippen molar-refractivity contribution in [3.8, 4) is 0 Å². The van der Waals surface area contributed by atoms with E-state index < -0.39 is 0 Å². The van der Waals surface area contributed by atoms with Crippen molar-refractivity contribution >= 4 is 10.9 Å². The molecule has 0 radical (unpaired) electrons. The molecule has 1 saturated heterocycles. The summed E-state index contributed by atoms with van der Waals surface area (Å²) in [5.74, 6) is 0.797. The summed E-state index contributed by atoms with van der Waals surface area (Å²) in [7, 11) is 0. The molecule has 1 aliphatic carbocycles. The third kappa shape index (κ3) is 2.96. The largest absolute Gasteiger partial charge is 0.295 e. The molecule has 2 aliphatic heterocycles. The van der Waals surface area contributed by atoms with Gasteiger partial charge in [-0.25, -0.2) is 0 Å². The molecule has 126 valence electrons. The van der Waals surface area contributed by atoms with Crippen molar-refractivity contribution in [3.63, 3.8) is 0 Å². The van der Waals surface area contributed by atoms with Crippen molar-refractivity contribution in [2.75, 3.05) is 6.54 Å². The van der Waals surface area contributed by atoms with E-state index in [1.807, 2.05) is 0 Å². The minimum Gasteiger partial charge on any atom is -0.295 e. The minimum absolute atomic E-state index is 0.671. The molecule has 6 rings (SSSR count). The maximum Gasteiger partial charge on any atom is 0.0702 e. The van der Waals surface area contributed by atoms with Crippen molar-refractivity contribution in [1.29, 1.82) is 0 Å². The highest BCUT2D eigenvalue weighted by Gasteiger charge is 2.31. The van der Waals surface area contributed by atoms with Crippen LogP contribution in [0.2, 0.25) is 0 Å². The van der Waals surface area contributed by atoms with Crippen LogP contribution >= 0.6 is 0 Å². The van der Waals surface area contributed by atoms with Gasteiger partial charge in [-0.3, -0.25) is 9.88 Å². The first-order chi connectivity index (χ1) is 12.3. The number of hydrogen-bond donors (Lipinski definition) is 0. The molecular formula is C23H24N2. The second-order valence-corrected chi connectivity index (χ2v) is 7.74. The molecule has 2 atom stereocenters. The van der Waals surface area contributed by atoms with Crippen molar-refractivity contribution in [1.82, 2.24) is 9.88 Å². The van der Waals surface area contributed by atoms with Gasteiger partial charge >= 0.3 is 0 Å². The van der Waals surface area contributed by atoms with Gasteiger partial charge in [0.2, 0.25) is 0 Å². The molecular weight excluding hydrogens is 304 g/mol. The van der Waals surface area contributed by atoms with Gasteiger partial charge in [0.05, 0.1) is 5.52 Å². The van der Waals surface area contributed by atoms with Crippen LogP contribution in [0.4, 0.5) is 0 Å². The normalized spacial score (nSPS) is 23.2. The van der Waals surface area contributed by atoms with E-state index in [4.69, 9.17) is 0 Å². The first-order valence-corrected chi connectivity index (χ1v) is 9.50. The van der Waals surface area contributed by atoms with Crippen molar-refractivity contribution in [2.45, 2.75) is 38.3 Å². The first-order valence-electron chi connectivity index (χ1n) is 9.50. The van der Waals surface area contributed by atoms with Crippen LogP contribution in [-0.2, 0) is 19.4 Å². The smallest absolute Gasteiger partial charge is 0.0702 e. The van der Waals surface area contributed by atoms with Gasteiger partial charge in [0, 0.05) is 30.7 Å². The van der Waals surface area contributed by atoms with Gasteiger partial charge in [0.25, 0.3) is 0 Å². The number of piperidine rings is 1. The molecule has 2 aromatic carbocycles. The van der Waals surface area contributed by atoms with Crippen LogP contribution in [0.3, 0.4) is 0 Å². The molecule has 25 heavy (non-hydrogen) atoms. The fourth-order valence-corrected chi connectivity index (χ4v) is 4.73. The van der Waals surface area contributed by atoms with Crippen LogP contribution in [0.1, 0.15) is 29.5 Å². The quantitative estimate of drug-likeness (QED) is 0.683. The zero-order chi connectivity index (χ0) is 16.6. The predicted molar refractivity (Wildman–Crippen MR) is 103 cm³/mol. The van der Waals surface area contributed by atoms with Gasteiger partial charge < -0.3 is 0 Å². The molecule has 3 aliphatic rings. The highest BCUT2D eigenvalue weighted by Crippen LogP contribution is 2.33. The molecule has 1 fully saturated rings. The predicted octanol–water partition coefficient (Wildman–Crippen LogP) is 4.61. The average molecular weight is 328 g/mol. The molecule has 3 aromatic rings. The van der Waals surface area contributed by atoms with E-state index in [0.717, 1.165) is 18.0 Å². The minimum atomic E-state index is 0.671. The summed E-state index contributed by atoms with van der Waals surface area (Å²) in [6.07, 6.45) is 7.23. The number of hydrogen-bond acceptors (Lipinski definition) is 2. The second kappa shape index (κ2) is 6.27. The third-order valence-corrected chi connectivity index (χ3v) is 6.03. The SMILES string of the molecule is c1ccc2c(c1)C[C@H]1CC[C@H](C2)N(Cc2cnc3ccccc3c2)C1. The van der Waals surface area contributed by atoms with Crippen LogP contribution in [0.25, 0.3) is 10.9 Å². The lowest BCUT2D eigenvalue weighted by atomic mass is 9.80. The Morgan fingerprint density at radius 1 is 0.920 bits per heavy atom. The monoisotopic (exact) mass is 328 g/mol. The van der Waals surface area contributed by atoms with E-state index in [2.05, 4.69) is 70.7 Å². The van der Waals surface area contributed by atoms with Crippen molar-refractivity contribution in [3.05, 3.63) is 77.5 Å². The van der Waals surface area contributed by atoms with Crippen molar-refractivity contribution < 1.29 is 0 Å². The summed E-state index contributed by atoms with van der Waals surface area (Å²) in [5.41, 5.74) is 5.59. The van der Waals surface area contributed by atoms with Crippen LogP contribution in [0.5, 0.6) is 0 Å². The lowest BCUT2D eigenvalue weighted by Crippen LogP contribution is -2.46. The number of para-hydroxylation sites is 1. The summed E-state index contributed by atoms with van der Waals surface area (Å²) in [5, 5.41) is 1.25. The zero-order valence-electron chi connectivity index (χ0n) is 14.6. The average Bonchev–Trinajstić information content (AvgIpc) is 2.62. The summed E-state index contributed by atoms with van der Waals surface area (Å²) in [6.45, 7) is 2.26. The van der Waals surface area contributed by atoms with Crippen LogP contribution in [0, 0.1) is 5.92 Å². The Hall–Kier alpha value is -2.19. The lowest BCUT2D eigenvalue weighted by Gasteiger charge is -2.42. The summed E-state index contributed by atoms with van der Waals surface area (Å²) in [6, 6.07) is 20.5. The molecule has 2 heteroatoms. The zero-order valence-corrected chi connectivity index (χ0v) is 14.6. The van der Waals surface area contributed by atoms with Gasteiger partial charge in [0.1, 0.15) is 0 Å². The van der Waals surface area contributed by atoms with E-state index in [1.165, 1.54) is 43.2 Å². The molecule has 0 N–H and O–H groups in total. The molecule has 3 heterocycles. The Labute approximate surface area is 149 Å². The number of aromatic nitrogens is 1. The van der Waals surface area contributed by atoms with E-state index in [1.54, 1.807) is 11.1 Å². The number of fused-ring (bicyclic) bond motifs is 3. The maximum atomic E-state index is 4.66. The van der Waals surface area contributed by atoms with Gasteiger partial charge in [0.15, 0.2) is 0 Å². The topological polar surface area (TPSA) is 16.1 Å². The molecule has 0 amide bonds. The Morgan fingerprint density at radius 3 is 2.64 bits per heavy atom. The molecule has 0 spiro atoms. The summed E-state index contributed by atoms with van der Waals surface area (Å²) < 4.78 is 0. The Morgan fingerprint density at radius 2 is 1.72 bits per heavy atom. The summed E-state index contributed by atoms with van der Waals surface area (Å²) >= 11 is 0. The standard InChI is InChI=1S/C23H24N2/c1-2-6-20-13-22-10-9-17(11-19(20)5-1)15-25(22)16-18-12-21-7-3-4-8-23(21)24-14-18/h1-8,12,14,17,22H,9-11,13,15-16H2/t17-,22-/m1/s1. The first kappa shape index (κ1) is 15.1. The van der Waals surface area contributed by atoms with Gasteiger partial charge in [-0.15, -0.1) is 0 Å². The van der Waals surface area contributed by atoms with E-state index in [0.29, 0.717) is 6.04 Å².